The van der Waals surface area contributed by atoms with Crippen molar-refractivity contribution in [3.8, 4) is 0 Å². The zero-order valence-corrected chi connectivity index (χ0v) is 12.5. The summed E-state index contributed by atoms with van der Waals surface area (Å²) in [5, 5.41) is 5.41. The third-order valence-electron chi connectivity index (χ3n) is 2.99. The van der Waals surface area contributed by atoms with Crippen LogP contribution in [0.15, 0.2) is 35.7 Å². The maximum atomic E-state index is 12.0. The van der Waals surface area contributed by atoms with Crippen LogP contribution in [0.3, 0.4) is 0 Å². The van der Waals surface area contributed by atoms with Crippen LogP contribution in [0.4, 0.5) is 5.13 Å². The lowest BCUT2D eigenvalue weighted by molar-refractivity contribution is -0.116. The summed E-state index contributed by atoms with van der Waals surface area (Å²) in [4.78, 5) is 16.3. The minimum atomic E-state index is -0.291. The monoisotopic (exact) mass is 289 g/mol. The van der Waals surface area contributed by atoms with E-state index >= 15 is 0 Å². The van der Waals surface area contributed by atoms with E-state index < -0.39 is 0 Å². The molecule has 20 heavy (non-hydrogen) atoms. The lowest BCUT2D eigenvalue weighted by Gasteiger charge is -2.11. The Kier molecular flexibility index (Phi) is 4.87. The number of benzene rings is 1. The Morgan fingerprint density at radius 3 is 2.65 bits per heavy atom. The lowest BCUT2D eigenvalue weighted by atomic mass is 10.0. The number of nitrogens with two attached hydrogens (primary N) is 1. The zero-order valence-electron chi connectivity index (χ0n) is 11.7. The Labute approximate surface area is 123 Å². The summed E-state index contributed by atoms with van der Waals surface area (Å²) in [5.41, 5.74) is 7.99. The maximum absolute atomic E-state index is 12.0. The van der Waals surface area contributed by atoms with Crippen LogP contribution >= 0.6 is 11.3 Å². The molecule has 0 saturated carbocycles. The van der Waals surface area contributed by atoms with E-state index in [1.165, 1.54) is 11.3 Å². The summed E-state index contributed by atoms with van der Waals surface area (Å²) < 4.78 is 0. The fraction of sp³-hybridized carbons (Fsp3) is 0.333. The number of carbonyl (C=O) groups is 1. The summed E-state index contributed by atoms with van der Waals surface area (Å²) in [6.45, 7) is 4.15. The molecular weight excluding hydrogens is 270 g/mol. The summed E-state index contributed by atoms with van der Waals surface area (Å²) in [7, 11) is 0. The van der Waals surface area contributed by atoms with Crippen molar-refractivity contribution in [3.05, 3.63) is 47.0 Å². The minimum Gasteiger partial charge on any atom is -0.324 e. The highest BCUT2D eigenvalue weighted by molar-refractivity contribution is 7.13. The fourth-order valence-electron chi connectivity index (χ4n) is 1.80. The van der Waals surface area contributed by atoms with E-state index in [1.807, 2.05) is 35.7 Å². The average molecular weight is 289 g/mol. The third kappa shape index (κ3) is 3.88. The van der Waals surface area contributed by atoms with Gasteiger partial charge in [0.15, 0.2) is 5.13 Å². The second-order valence-corrected chi connectivity index (χ2v) is 5.86. The molecule has 0 saturated heterocycles. The van der Waals surface area contributed by atoms with Crippen molar-refractivity contribution < 1.29 is 4.79 Å². The normalized spacial score (nSPS) is 12.4. The number of hydrogen-bond donors (Lipinski definition) is 2. The highest BCUT2D eigenvalue weighted by Crippen LogP contribution is 2.22. The molecule has 0 radical (unpaired) electrons. The van der Waals surface area contributed by atoms with Crippen LogP contribution in [0.1, 0.15) is 43.5 Å². The Morgan fingerprint density at radius 1 is 1.35 bits per heavy atom. The third-order valence-corrected chi connectivity index (χ3v) is 3.77. The standard InChI is InChI=1S/C15H19N3OS/c1-10(2)13-9-20-15(17-13)18-14(19)8-12(16)11-6-4-3-5-7-11/h3-7,9-10,12H,8,16H2,1-2H3,(H,17,18,19). The molecule has 2 aromatic rings. The smallest absolute Gasteiger partial charge is 0.228 e. The van der Waals surface area contributed by atoms with Crippen LogP contribution in [-0.4, -0.2) is 10.9 Å². The summed E-state index contributed by atoms with van der Waals surface area (Å²) >= 11 is 1.45. The number of carbonyl (C=O) groups excluding carboxylic acids is 1. The summed E-state index contributed by atoms with van der Waals surface area (Å²) in [6.07, 6.45) is 0.251. The number of thiazole rings is 1. The highest BCUT2D eigenvalue weighted by atomic mass is 32.1. The van der Waals surface area contributed by atoms with Crippen LogP contribution in [0.25, 0.3) is 0 Å². The second-order valence-electron chi connectivity index (χ2n) is 5.00. The van der Waals surface area contributed by atoms with Gasteiger partial charge in [-0.05, 0) is 11.5 Å². The molecule has 1 unspecified atom stereocenters. The van der Waals surface area contributed by atoms with Gasteiger partial charge < -0.3 is 11.1 Å². The van der Waals surface area contributed by atoms with Gasteiger partial charge in [-0.15, -0.1) is 11.3 Å². The molecule has 5 heteroatoms. The molecule has 1 aromatic carbocycles. The van der Waals surface area contributed by atoms with E-state index in [4.69, 9.17) is 5.73 Å². The van der Waals surface area contributed by atoms with Crippen molar-refractivity contribution in [3.63, 3.8) is 0 Å². The van der Waals surface area contributed by atoms with Gasteiger partial charge in [0, 0.05) is 17.8 Å². The van der Waals surface area contributed by atoms with E-state index in [9.17, 15) is 4.79 Å². The van der Waals surface area contributed by atoms with Crippen molar-refractivity contribution in [1.29, 1.82) is 0 Å². The van der Waals surface area contributed by atoms with E-state index in [-0.39, 0.29) is 18.4 Å². The van der Waals surface area contributed by atoms with Crippen LogP contribution < -0.4 is 11.1 Å². The Hall–Kier alpha value is -1.72. The number of aromatic nitrogens is 1. The number of rotatable bonds is 5. The van der Waals surface area contributed by atoms with E-state index in [2.05, 4.69) is 24.1 Å². The Morgan fingerprint density at radius 2 is 2.05 bits per heavy atom. The molecule has 0 aliphatic carbocycles. The van der Waals surface area contributed by atoms with Gasteiger partial charge in [-0.3, -0.25) is 4.79 Å². The average Bonchev–Trinajstić information content (AvgIpc) is 2.88. The maximum Gasteiger partial charge on any atom is 0.228 e. The zero-order chi connectivity index (χ0) is 14.5. The van der Waals surface area contributed by atoms with Gasteiger partial charge in [-0.1, -0.05) is 44.2 Å². The van der Waals surface area contributed by atoms with Crippen LogP contribution in [0, 0.1) is 0 Å². The molecule has 106 valence electrons. The quantitative estimate of drug-likeness (QED) is 0.887. The molecule has 4 nitrogen and oxygen atoms in total. The largest absolute Gasteiger partial charge is 0.324 e. The molecule has 1 heterocycles. The van der Waals surface area contributed by atoms with Gasteiger partial charge in [0.2, 0.25) is 5.91 Å². The van der Waals surface area contributed by atoms with Crippen LogP contribution in [0.2, 0.25) is 0 Å². The molecular formula is C15H19N3OS. The lowest BCUT2D eigenvalue weighted by Crippen LogP contribution is -2.20. The predicted octanol–water partition coefficient (Wildman–Crippen LogP) is 3.30. The molecule has 0 aliphatic heterocycles. The highest BCUT2D eigenvalue weighted by Gasteiger charge is 2.13. The van der Waals surface area contributed by atoms with Gasteiger partial charge in [0.05, 0.1) is 5.69 Å². The van der Waals surface area contributed by atoms with Crippen LogP contribution in [0.5, 0.6) is 0 Å². The number of anilines is 1. The Balaban J connectivity index is 1.92. The fourth-order valence-corrected chi connectivity index (χ4v) is 2.68. The van der Waals surface area contributed by atoms with E-state index in [1.54, 1.807) is 0 Å². The topological polar surface area (TPSA) is 68.0 Å². The molecule has 0 fully saturated rings. The summed E-state index contributed by atoms with van der Waals surface area (Å²) in [5.74, 6) is 0.259. The van der Waals surface area contributed by atoms with Crippen molar-refractivity contribution in [2.24, 2.45) is 5.73 Å². The van der Waals surface area contributed by atoms with Crippen molar-refractivity contribution in [2.75, 3.05) is 5.32 Å². The summed E-state index contributed by atoms with van der Waals surface area (Å²) in [6, 6.07) is 9.34. The van der Waals surface area contributed by atoms with Crippen molar-refractivity contribution >= 4 is 22.4 Å². The molecule has 1 aromatic heterocycles. The molecule has 2 rings (SSSR count). The molecule has 0 spiro atoms. The van der Waals surface area contributed by atoms with Gasteiger partial charge in [0.1, 0.15) is 0 Å². The molecule has 0 bridgehead atoms. The molecule has 3 N–H and O–H groups in total. The molecule has 0 aliphatic rings. The second kappa shape index (κ2) is 6.63. The first-order chi connectivity index (χ1) is 9.56. The van der Waals surface area contributed by atoms with Gasteiger partial charge in [0.25, 0.3) is 0 Å². The van der Waals surface area contributed by atoms with E-state index in [0.717, 1.165) is 11.3 Å². The van der Waals surface area contributed by atoms with Gasteiger partial charge in [-0.25, -0.2) is 4.98 Å². The van der Waals surface area contributed by atoms with Gasteiger partial charge >= 0.3 is 0 Å². The first-order valence-electron chi connectivity index (χ1n) is 6.62. The van der Waals surface area contributed by atoms with Gasteiger partial charge in [-0.2, -0.15) is 0 Å². The number of nitrogens with one attached hydrogen (secondary N) is 1. The predicted molar refractivity (Wildman–Crippen MR) is 82.8 cm³/mol. The Bertz CT molecular complexity index is 566. The van der Waals surface area contributed by atoms with Crippen LogP contribution in [-0.2, 0) is 4.79 Å². The van der Waals surface area contributed by atoms with E-state index in [0.29, 0.717) is 11.0 Å². The van der Waals surface area contributed by atoms with Crippen molar-refractivity contribution in [2.45, 2.75) is 32.2 Å². The first kappa shape index (κ1) is 14.7. The number of amides is 1. The molecule has 1 atom stereocenters. The number of hydrogen-bond acceptors (Lipinski definition) is 4. The first-order valence-corrected chi connectivity index (χ1v) is 7.50. The minimum absolute atomic E-state index is 0.106. The van der Waals surface area contributed by atoms with Crippen molar-refractivity contribution in [1.82, 2.24) is 4.98 Å². The SMILES string of the molecule is CC(C)c1csc(NC(=O)CC(N)c2ccccc2)n1. The molecule has 1 amide bonds. The number of nitrogens with zero attached hydrogens (tertiary/aromatic N) is 1.